The summed E-state index contributed by atoms with van der Waals surface area (Å²) in [5.74, 6) is -0.764. The monoisotopic (exact) mass is 872 g/mol. The Bertz CT molecular complexity index is 3250. The number of benzene rings is 6. The van der Waals surface area contributed by atoms with Crippen LogP contribution in [0.15, 0.2) is 103 Å². The highest BCUT2D eigenvalue weighted by atomic mass is 32.2. The van der Waals surface area contributed by atoms with E-state index in [4.69, 9.17) is 11.5 Å². The van der Waals surface area contributed by atoms with Gasteiger partial charge < -0.3 is 27.4 Å². The van der Waals surface area contributed by atoms with Crippen molar-refractivity contribution in [1.82, 2.24) is 0 Å². The van der Waals surface area contributed by atoms with Crippen molar-refractivity contribution in [1.29, 1.82) is 0 Å². The number of rotatable bonds is 10. The number of azo groups is 1. The van der Waals surface area contributed by atoms with Crippen molar-refractivity contribution in [3.05, 3.63) is 89.5 Å². The molecule has 11 N–H and O–H groups in total. The zero-order chi connectivity index (χ0) is 42.9. The van der Waals surface area contributed by atoms with Crippen LogP contribution >= 0.6 is 0 Å². The predicted octanol–water partition coefficient (Wildman–Crippen LogP) is 6.30. The number of nitrogens with one attached hydrogen (secondary N) is 2. The normalized spacial score (nSPS) is 12.7. The second-order valence-electron chi connectivity index (χ2n) is 13.0. The van der Waals surface area contributed by atoms with Crippen LogP contribution in [0.1, 0.15) is 16.7 Å². The molecule has 0 amide bonds. The highest BCUT2D eigenvalue weighted by molar-refractivity contribution is 7.87. The number of aromatic hydroxyl groups is 1. The van der Waals surface area contributed by atoms with Gasteiger partial charge >= 0.3 is 0 Å². The van der Waals surface area contributed by atoms with Crippen LogP contribution in [-0.4, -0.2) is 57.0 Å². The Kier molecular flexibility index (Phi) is 10.4. The Morgan fingerprint density at radius 1 is 0.500 bits per heavy atom. The van der Waals surface area contributed by atoms with Gasteiger partial charge in [0.1, 0.15) is 25.3 Å². The van der Waals surface area contributed by atoms with Crippen molar-refractivity contribution in [2.24, 2.45) is 10.2 Å². The molecule has 0 fully saturated rings. The van der Waals surface area contributed by atoms with E-state index in [9.17, 15) is 57.0 Å². The molecule has 0 bridgehead atoms. The molecule has 58 heavy (non-hydrogen) atoms. The van der Waals surface area contributed by atoms with Gasteiger partial charge in [0.2, 0.25) is 0 Å². The van der Waals surface area contributed by atoms with E-state index in [1.807, 2.05) is 25.1 Å². The lowest BCUT2D eigenvalue weighted by Crippen LogP contribution is -2.12. The molecule has 0 spiro atoms. The van der Waals surface area contributed by atoms with E-state index < -0.39 is 82.6 Å². The predicted molar refractivity (Wildman–Crippen MR) is 215 cm³/mol. The number of hydrazine groups is 1. The third-order valence-corrected chi connectivity index (χ3v) is 12.8. The number of phenols is 1. The highest BCUT2D eigenvalue weighted by Crippen LogP contribution is 2.44. The maximum absolute atomic E-state index is 12.1. The Morgan fingerprint density at radius 2 is 0.914 bits per heavy atom. The molecule has 0 aliphatic heterocycles. The number of fused-ring (bicyclic) bond motifs is 2. The molecule has 0 saturated heterocycles. The second-order valence-corrected chi connectivity index (χ2v) is 18.5. The molecule has 0 aliphatic rings. The first kappa shape index (κ1) is 41.7. The van der Waals surface area contributed by atoms with Gasteiger partial charge in [-0.2, -0.15) is 38.8 Å². The Hall–Kier alpha value is -5.92. The Morgan fingerprint density at radius 3 is 1.43 bits per heavy atom. The average molecular weight is 873 g/mol. The molecule has 0 unspecified atom stereocenters. The first-order valence-corrected chi connectivity index (χ1v) is 22.0. The lowest BCUT2D eigenvalue weighted by atomic mass is 10.00. The van der Waals surface area contributed by atoms with Crippen molar-refractivity contribution in [3.63, 3.8) is 0 Å². The highest BCUT2D eigenvalue weighted by Gasteiger charge is 2.28. The van der Waals surface area contributed by atoms with Gasteiger partial charge in [0.15, 0.2) is 5.75 Å². The SMILES string of the molecule is Cc1cc(-c2ccc(NNc3ccc4c(S(=O)(=O)O)cc(S(=O)(=O)O)c(N)c4c3C)c(C)c2)ccc1/N=N/c1ccc2c(S(=O)(=O)O)cc(S(=O)(=O)O)c(N)c2c1O. The van der Waals surface area contributed by atoms with Gasteiger partial charge in [-0.1, -0.05) is 24.3 Å². The number of anilines is 4. The van der Waals surface area contributed by atoms with E-state index in [1.165, 1.54) is 25.1 Å². The fourth-order valence-corrected chi connectivity index (χ4v) is 9.23. The van der Waals surface area contributed by atoms with E-state index in [2.05, 4.69) is 21.1 Å². The summed E-state index contributed by atoms with van der Waals surface area (Å²) in [5, 5.41) is 18.3. The van der Waals surface area contributed by atoms with Crippen molar-refractivity contribution in [2.75, 3.05) is 22.3 Å². The summed E-state index contributed by atoms with van der Waals surface area (Å²) in [7, 11) is -20.0. The minimum absolute atomic E-state index is 0.0257. The smallest absolute Gasteiger partial charge is 0.296 e. The molecular formula is C35H32N6O13S4. The third-order valence-electron chi connectivity index (χ3n) is 9.21. The van der Waals surface area contributed by atoms with Crippen LogP contribution in [0.25, 0.3) is 32.7 Å². The van der Waals surface area contributed by atoms with Crippen LogP contribution in [0.2, 0.25) is 0 Å². The van der Waals surface area contributed by atoms with E-state index in [-0.39, 0.29) is 21.8 Å². The van der Waals surface area contributed by atoms with E-state index >= 15 is 0 Å². The lowest BCUT2D eigenvalue weighted by Gasteiger charge is -2.18. The molecule has 6 aromatic rings. The summed E-state index contributed by atoms with van der Waals surface area (Å²) in [5.41, 5.74) is 21.3. The minimum Gasteiger partial charge on any atom is -0.505 e. The summed E-state index contributed by atoms with van der Waals surface area (Å²) in [6.07, 6.45) is 0. The maximum Gasteiger partial charge on any atom is 0.296 e. The maximum atomic E-state index is 12.1. The van der Waals surface area contributed by atoms with Gasteiger partial charge in [-0.05, 0) is 97.1 Å². The molecule has 0 saturated carbocycles. The first-order chi connectivity index (χ1) is 26.8. The molecule has 0 aliphatic carbocycles. The van der Waals surface area contributed by atoms with Crippen LogP contribution in [0.5, 0.6) is 5.75 Å². The standard InChI is InChI=1S/C35H32N6O13S4/c1-16-12-19(4-8-23(16)38-40-25-10-6-21-27(55(43,44)45)14-29(57(49,50)51)33(36)31(21)18(25)3)20-5-9-24(17(2)13-20)39-41-26-11-7-22-28(56(46,47)48)15-30(58(52,53)54)34(37)32(22)35(26)42/h4-15,38,40,42H,36-37H2,1-3H3,(H,43,44,45)(H,46,47,48)(H,49,50,51)(H,52,53,54)/b41-39+. The molecule has 6 rings (SSSR count). The number of nitrogens with zero attached hydrogens (tertiary/aromatic N) is 2. The van der Waals surface area contributed by atoms with Gasteiger partial charge in [0.05, 0.1) is 33.8 Å². The number of aryl methyl sites for hydroxylation is 3. The van der Waals surface area contributed by atoms with E-state index in [0.717, 1.165) is 22.8 Å². The van der Waals surface area contributed by atoms with Gasteiger partial charge in [0, 0.05) is 16.2 Å². The fraction of sp³-hybridized carbons (Fsp3) is 0.0857. The summed E-state index contributed by atoms with van der Waals surface area (Å²) in [4.78, 5) is -3.61. The average Bonchev–Trinajstić information content (AvgIpc) is 3.09. The zero-order valence-electron chi connectivity index (χ0n) is 30.1. The topological polar surface area (TPSA) is 339 Å². The van der Waals surface area contributed by atoms with E-state index in [0.29, 0.717) is 40.3 Å². The van der Waals surface area contributed by atoms with Crippen molar-refractivity contribution in [3.8, 4) is 16.9 Å². The third kappa shape index (κ3) is 7.84. The van der Waals surface area contributed by atoms with Crippen molar-refractivity contribution in [2.45, 2.75) is 40.4 Å². The molecule has 0 atom stereocenters. The van der Waals surface area contributed by atoms with Gasteiger partial charge in [-0.15, -0.1) is 5.11 Å². The second kappa shape index (κ2) is 14.5. The van der Waals surface area contributed by atoms with E-state index in [1.54, 1.807) is 25.1 Å². The van der Waals surface area contributed by atoms with Crippen LogP contribution in [0, 0.1) is 20.8 Å². The number of phenolic OH excluding ortho intramolecular Hbond substituents is 1. The first-order valence-electron chi connectivity index (χ1n) is 16.3. The van der Waals surface area contributed by atoms with Gasteiger partial charge in [-0.25, -0.2) is 0 Å². The molecule has 0 radical (unpaired) electrons. The number of hydrogen-bond acceptors (Lipinski definition) is 15. The van der Waals surface area contributed by atoms with Crippen LogP contribution in [-0.2, 0) is 40.5 Å². The summed E-state index contributed by atoms with van der Waals surface area (Å²) in [6.45, 7) is 5.11. The van der Waals surface area contributed by atoms with Crippen molar-refractivity contribution < 1.29 is 57.0 Å². The molecule has 23 heteroatoms. The molecule has 0 aromatic heterocycles. The summed E-state index contributed by atoms with van der Waals surface area (Å²) in [6, 6.07) is 16.9. The molecule has 6 aromatic carbocycles. The number of nitrogen functional groups attached to an aromatic ring is 2. The van der Waals surface area contributed by atoms with Gasteiger partial charge in [-0.3, -0.25) is 18.2 Å². The Balaban J connectivity index is 1.26. The minimum atomic E-state index is -5.08. The fourth-order valence-electron chi connectivity index (χ4n) is 6.36. The zero-order valence-corrected chi connectivity index (χ0v) is 33.4. The number of hydrogen-bond donors (Lipinski definition) is 9. The molecular weight excluding hydrogens is 841 g/mol. The van der Waals surface area contributed by atoms with Crippen molar-refractivity contribution >= 4 is 96.1 Å². The molecule has 19 nitrogen and oxygen atoms in total. The lowest BCUT2D eigenvalue weighted by molar-refractivity contribution is 0.477. The van der Waals surface area contributed by atoms with Gasteiger partial charge in [0.25, 0.3) is 40.5 Å². The summed E-state index contributed by atoms with van der Waals surface area (Å²) < 4.78 is 135. The largest absolute Gasteiger partial charge is 0.505 e. The quantitative estimate of drug-likeness (QED) is 0.0316. The van der Waals surface area contributed by atoms with Crippen LogP contribution in [0.3, 0.4) is 0 Å². The van der Waals surface area contributed by atoms with Crippen LogP contribution in [0.4, 0.5) is 34.1 Å². The Labute approximate surface area is 331 Å². The summed E-state index contributed by atoms with van der Waals surface area (Å²) >= 11 is 0. The number of nitrogens with two attached hydrogens (primary N) is 2. The molecule has 0 heterocycles. The van der Waals surface area contributed by atoms with Crippen LogP contribution < -0.4 is 22.3 Å². The molecule has 304 valence electrons.